The second-order valence-corrected chi connectivity index (χ2v) is 15.0. The van der Waals surface area contributed by atoms with Crippen molar-refractivity contribution >= 4 is 16.7 Å². The first kappa shape index (κ1) is 30.2. The predicted molar refractivity (Wildman–Crippen MR) is 158 cm³/mol. The highest BCUT2D eigenvalue weighted by atomic mass is 32.3. The molecule has 3 heterocycles. The average Bonchev–Trinajstić information content (AvgIpc) is 3.30. The quantitative estimate of drug-likeness (QED) is 0.305. The molecular formula is C30H49FN4O4S. The van der Waals surface area contributed by atoms with Crippen molar-refractivity contribution in [3.8, 4) is 0 Å². The molecule has 3 aliphatic heterocycles. The molecule has 4 aliphatic rings. The standard InChI is InChI=1S/C30H49FN4O4S/c1-19-15-23(16-20(2)39-19)28(22-8-11-24(31)12-9-22)29(32)30(36)34-27-7-3-5-21(27)10-13-26-17-33-25-6-4-14-40(37,38)35(26)18-25/h8-9,11-12,19-21,23,25-29,33,37-38H,3-7,10,13-18,32H2,1-2H3,(H,34,36)/t19-,20+,21-,23?,25-,26+,27+,28+,29+/m1/s1. The number of hydrogen-bond acceptors (Lipinski definition) is 7. The number of nitrogens with one attached hydrogen (secondary N) is 2. The van der Waals surface area contributed by atoms with Gasteiger partial charge in [-0.15, -0.1) is 10.8 Å². The molecule has 0 spiro atoms. The van der Waals surface area contributed by atoms with Crippen molar-refractivity contribution < 1.29 is 23.0 Å². The summed E-state index contributed by atoms with van der Waals surface area (Å²) in [5, 5.41) is 6.93. The summed E-state index contributed by atoms with van der Waals surface area (Å²) in [6.07, 6.45) is 8.45. The zero-order valence-corrected chi connectivity index (χ0v) is 24.8. The van der Waals surface area contributed by atoms with Gasteiger partial charge in [-0.2, -0.15) is 0 Å². The van der Waals surface area contributed by atoms with Crippen molar-refractivity contribution in [2.75, 3.05) is 18.8 Å². The number of carbonyl (C=O) groups excluding carboxylic acids is 1. The first-order valence-corrected chi connectivity index (χ1v) is 17.0. The van der Waals surface area contributed by atoms with Gasteiger partial charge in [0, 0.05) is 37.1 Å². The molecule has 8 nitrogen and oxygen atoms in total. The van der Waals surface area contributed by atoms with Crippen LogP contribution in [0.4, 0.5) is 4.39 Å². The van der Waals surface area contributed by atoms with Gasteiger partial charge in [0.1, 0.15) is 5.82 Å². The number of nitrogens with zero attached hydrogens (tertiary/aromatic N) is 1. The molecule has 226 valence electrons. The third-order valence-corrected chi connectivity index (χ3v) is 11.9. The Labute approximate surface area is 240 Å². The van der Waals surface area contributed by atoms with Crippen LogP contribution in [0.1, 0.15) is 83.1 Å². The van der Waals surface area contributed by atoms with Gasteiger partial charge in [-0.05, 0) is 94.7 Å². The van der Waals surface area contributed by atoms with Crippen LogP contribution in [0.2, 0.25) is 0 Å². The number of rotatable bonds is 8. The maximum Gasteiger partial charge on any atom is 0.237 e. The SMILES string of the molecule is C[C@@H]1CC([C@H](c2ccc(F)cc2)[C@H](N)C(=O)N[C@H]2CCC[C@@H]2CC[C@H]2CN[C@@H]3CCCS(O)(O)N2C3)C[C@H](C)O1. The Morgan fingerprint density at radius 3 is 2.60 bits per heavy atom. The van der Waals surface area contributed by atoms with Crippen LogP contribution in [0.5, 0.6) is 0 Å². The largest absolute Gasteiger partial charge is 0.376 e. The number of fused-ring (bicyclic) bond motifs is 2. The van der Waals surface area contributed by atoms with Crippen LogP contribution in [0.15, 0.2) is 24.3 Å². The van der Waals surface area contributed by atoms with Crippen molar-refractivity contribution in [3.05, 3.63) is 35.6 Å². The van der Waals surface area contributed by atoms with Crippen molar-refractivity contribution in [2.45, 2.75) is 114 Å². The molecule has 1 amide bonds. The molecule has 1 saturated carbocycles. The highest BCUT2D eigenvalue weighted by Gasteiger charge is 2.41. The fourth-order valence-electron chi connectivity index (χ4n) is 7.90. The normalized spacial score (nSPS) is 38.1. The Bertz CT molecular complexity index is 990. The van der Waals surface area contributed by atoms with Gasteiger partial charge >= 0.3 is 0 Å². The van der Waals surface area contributed by atoms with E-state index in [0.717, 1.165) is 69.9 Å². The fourth-order valence-corrected chi connectivity index (χ4v) is 9.77. The molecule has 3 saturated heterocycles. The summed E-state index contributed by atoms with van der Waals surface area (Å²) in [7, 11) is -2.71. The van der Waals surface area contributed by atoms with Gasteiger partial charge in [-0.1, -0.05) is 18.6 Å². The first-order valence-electron chi connectivity index (χ1n) is 15.3. The monoisotopic (exact) mass is 580 g/mol. The second kappa shape index (κ2) is 12.9. The Balaban J connectivity index is 1.23. The zero-order valence-electron chi connectivity index (χ0n) is 24.0. The number of hydrogen-bond donors (Lipinski definition) is 5. The number of carbonyl (C=O) groups is 1. The van der Waals surface area contributed by atoms with E-state index in [9.17, 15) is 18.3 Å². The summed E-state index contributed by atoms with van der Waals surface area (Å²) in [5.41, 5.74) is 7.65. The van der Waals surface area contributed by atoms with E-state index >= 15 is 0 Å². The summed E-state index contributed by atoms with van der Waals surface area (Å²) in [5.74, 6) is 0.316. The van der Waals surface area contributed by atoms with Crippen LogP contribution in [0.25, 0.3) is 0 Å². The number of ether oxygens (including phenoxy) is 1. The lowest BCUT2D eigenvalue weighted by atomic mass is 9.74. The molecule has 1 aromatic rings. The molecule has 0 aromatic heterocycles. The lowest BCUT2D eigenvalue weighted by Gasteiger charge is -2.49. The van der Waals surface area contributed by atoms with E-state index in [4.69, 9.17) is 10.5 Å². The van der Waals surface area contributed by atoms with E-state index < -0.39 is 16.8 Å². The number of benzene rings is 1. The van der Waals surface area contributed by atoms with E-state index in [1.807, 2.05) is 4.31 Å². The average molecular weight is 581 g/mol. The topological polar surface area (TPSA) is 120 Å². The van der Waals surface area contributed by atoms with Gasteiger partial charge in [0.15, 0.2) is 0 Å². The van der Waals surface area contributed by atoms with Gasteiger partial charge in [-0.3, -0.25) is 13.9 Å². The molecule has 1 aliphatic carbocycles. The molecule has 2 bridgehead atoms. The molecule has 10 atom stereocenters. The first-order chi connectivity index (χ1) is 19.1. The van der Waals surface area contributed by atoms with Crippen LogP contribution in [0.3, 0.4) is 0 Å². The van der Waals surface area contributed by atoms with Crippen LogP contribution in [0, 0.1) is 17.7 Å². The highest BCUT2D eigenvalue weighted by Crippen LogP contribution is 2.49. The Morgan fingerprint density at radius 1 is 1.15 bits per heavy atom. The van der Waals surface area contributed by atoms with Crippen molar-refractivity contribution in [1.82, 2.24) is 14.9 Å². The minimum Gasteiger partial charge on any atom is -0.376 e. The fraction of sp³-hybridized carbons (Fsp3) is 0.767. The maximum absolute atomic E-state index is 13.8. The van der Waals surface area contributed by atoms with E-state index in [1.165, 1.54) is 12.1 Å². The molecule has 4 fully saturated rings. The summed E-state index contributed by atoms with van der Waals surface area (Å²) in [6.45, 7) is 5.59. The highest BCUT2D eigenvalue weighted by molar-refractivity contribution is 8.22. The third-order valence-electron chi connectivity index (χ3n) is 9.84. The van der Waals surface area contributed by atoms with Crippen molar-refractivity contribution in [2.24, 2.45) is 17.6 Å². The Hall–Kier alpha value is -1.27. The van der Waals surface area contributed by atoms with Crippen LogP contribution in [-0.4, -0.2) is 74.5 Å². The van der Waals surface area contributed by atoms with E-state index in [2.05, 4.69) is 24.5 Å². The van der Waals surface area contributed by atoms with Crippen molar-refractivity contribution in [3.63, 3.8) is 0 Å². The van der Waals surface area contributed by atoms with Gasteiger partial charge in [0.25, 0.3) is 0 Å². The zero-order chi connectivity index (χ0) is 28.4. The summed E-state index contributed by atoms with van der Waals surface area (Å²) >= 11 is 0. The number of piperazine rings is 1. The van der Waals surface area contributed by atoms with Gasteiger partial charge in [-0.25, -0.2) is 8.70 Å². The van der Waals surface area contributed by atoms with Gasteiger partial charge in [0.2, 0.25) is 5.91 Å². The van der Waals surface area contributed by atoms with Gasteiger partial charge < -0.3 is 21.1 Å². The molecule has 40 heavy (non-hydrogen) atoms. The van der Waals surface area contributed by atoms with Crippen LogP contribution in [-0.2, 0) is 9.53 Å². The summed E-state index contributed by atoms with van der Waals surface area (Å²) < 4.78 is 43.3. The molecule has 2 unspecified atom stereocenters. The molecule has 10 heteroatoms. The number of halogens is 1. The van der Waals surface area contributed by atoms with E-state index in [1.54, 1.807) is 12.1 Å². The minimum absolute atomic E-state index is 0.0637. The summed E-state index contributed by atoms with van der Waals surface area (Å²) in [6, 6.07) is 6.20. The lowest BCUT2D eigenvalue weighted by molar-refractivity contribution is -0.125. The van der Waals surface area contributed by atoms with E-state index in [-0.39, 0.29) is 47.9 Å². The summed E-state index contributed by atoms with van der Waals surface area (Å²) in [4.78, 5) is 13.7. The molecule has 5 rings (SSSR count). The Morgan fingerprint density at radius 2 is 1.88 bits per heavy atom. The van der Waals surface area contributed by atoms with Crippen LogP contribution < -0.4 is 16.4 Å². The van der Waals surface area contributed by atoms with Gasteiger partial charge in [0.05, 0.1) is 24.0 Å². The smallest absolute Gasteiger partial charge is 0.237 e. The molecule has 6 N–H and O–H groups in total. The van der Waals surface area contributed by atoms with E-state index in [0.29, 0.717) is 24.3 Å². The molecular weight excluding hydrogens is 531 g/mol. The Kier molecular flexibility index (Phi) is 9.77. The molecule has 1 aromatic carbocycles. The third kappa shape index (κ3) is 7.02. The minimum atomic E-state index is -2.71. The predicted octanol–water partition coefficient (Wildman–Crippen LogP) is 4.61. The number of nitrogens with two attached hydrogens (primary N) is 1. The van der Waals surface area contributed by atoms with Crippen LogP contribution >= 0.6 is 10.8 Å². The lowest BCUT2D eigenvalue weighted by Crippen LogP contribution is -2.56. The second-order valence-electron chi connectivity index (χ2n) is 12.8. The number of amides is 1. The molecule has 0 radical (unpaired) electrons. The van der Waals surface area contributed by atoms with Crippen molar-refractivity contribution in [1.29, 1.82) is 0 Å². The maximum atomic E-state index is 13.8.